The zero-order valence-corrected chi connectivity index (χ0v) is 10.6. The molecule has 1 unspecified atom stereocenters. The Morgan fingerprint density at radius 2 is 1.69 bits per heavy atom. The fraction of sp³-hybridized carbons (Fsp3) is 1.00. The molecule has 0 aromatic heterocycles. The third kappa shape index (κ3) is 3.41. The van der Waals surface area contributed by atoms with Crippen LogP contribution in [0.4, 0.5) is 0 Å². The van der Waals surface area contributed by atoms with Crippen molar-refractivity contribution >= 4 is 8.07 Å². The largest absolute Gasteiger partial charge is 0.397 e. The van der Waals surface area contributed by atoms with Crippen LogP contribution in [0.1, 0.15) is 33.6 Å². The highest BCUT2D eigenvalue weighted by Gasteiger charge is 2.40. The Morgan fingerprint density at radius 1 is 1.23 bits per heavy atom. The molecule has 0 saturated carbocycles. The van der Waals surface area contributed by atoms with Crippen LogP contribution in [0, 0.1) is 0 Å². The summed E-state index contributed by atoms with van der Waals surface area (Å²) < 4.78 is 0. The van der Waals surface area contributed by atoms with E-state index in [-0.39, 0.29) is 17.4 Å². The molecule has 3 heteroatoms. The van der Waals surface area contributed by atoms with Gasteiger partial charge in [0.05, 0.1) is 8.07 Å². The van der Waals surface area contributed by atoms with Crippen molar-refractivity contribution < 1.29 is 10.2 Å². The summed E-state index contributed by atoms with van der Waals surface area (Å²) in [5, 5.41) is 18.9. The topological polar surface area (TPSA) is 40.5 Å². The molecule has 80 valence electrons. The van der Waals surface area contributed by atoms with Crippen LogP contribution in [0.15, 0.2) is 0 Å². The summed E-state index contributed by atoms with van der Waals surface area (Å²) in [6.45, 7) is 11.2. The summed E-state index contributed by atoms with van der Waals surface area (Å²) in [4.78, 5) is 0. The summed E-state index contributed by atoms with van der Waals surface area (Å²) in [6, 6.07) is 0. The number of hydrogen-bond acceptors (Lipinski definition) is 2. The lowest BCUT2D eigenvalue weighted by atomic mass is 10.2. The third-order valence-corrected chi connectivity index (χ3v) is 9.22. The van der Waals surface area contributed by atoms with Crippen molar-refractivity contribution in [3.05, 3.63) is 0 Å². The number of hydrogen-bond donors (Lipinski definition) is 2. The predicted octanol–water partition coefficient (Wildman–Crippen LogP) is 2.17. The maximum absolute atomic E-state index is 9.99. The van der Waals surface area contributed by atoms with Gasteiger partial charge in [0.25, 0.3) is 0 Å². The first-order chi connectivity index (χ1) is 5.73. The van der Waals surface area contributed by atoms with Gasteiger partial charge in [-0.1, -0.05) is 33.9 Å². The van der Waals surface area contributed by atoms with Crippen LogP contribution in [0.2, 0.25) is 18.1 Å². The molecule has 0 aliphatic carbocycles. The van der Waals surface area contributed by atoms with Crippen molar-refractivity contribution in [3.8, 4) is 0 Å². The summed E-state index contributed by atoms with van der Waals surface area (Å²) in [7, 11) is -1.60. The zero-order valence-electron chi connectivity index (χ0n) is 9.59. The van der Waals surface area contributed by atoms with Gasteiger partial charge in [-0.25, -0.2) is 0 Å². The van der Waals surface area contributed by atoms with E-state index in [1.54, 1.807) is 0 Å². The van der Waals surface area contributed by atoms with E-state index >= 15 is 0 Å². The minimum absolute atomic E-state index is 0.186. The zero-order chi connectivity index (χ0) is 10.7. The molecule has 0 spiro atoms. The lowest BCUT2D eigenvalue weighted by molar-refractivity contribution is 0.202. The van der Waals surface area contributed by atoms with Gasteiger partial charge in [-0.2, -0.15) is 0 Å². The fourth-order valence-corrected chi connectivity index (χ4v) is 3.07. The van der Waals surface area contributed by atoms with E-state index in [2.05, 4.69) is 33.9 Å². The van der Waals surface area contributed by atoms with E-state index in [1.165, 1.54) is 0 Å². The van der Waals surface area contributed by atoms with Crippen molar-refractivity contribution in [2.24, 2.45) is 0 Å². The maximum atomic E-state index is 9.99. The molecular weight excluding hydrogens is 180 g/mol. The molecular formula is C10H24O2Si. The molecule has 0 saturated heterocycles. The molecule has 0 heterocycles. The molecule has 1 atom stereocenters. The van der Waals surface area contributed by atoms with Gasteiger partial charge < -0.3 is 10.2 Å². The third-order valence-electron chi connectivity index (χ3n) is 3.40. The average molecular weight is 204 g/mol. The first-order valence-electron chi connectivity index (χ1n) is 5.02. The monoisotopic (exact) mass is 204 g/mol. The van der Waals surface area contributed by atoms with Crippen molar-refractivity contribution in [3.63, 3.8) is 0 Å². The maximum Gasteiger partial charge on any atom is 0.0864 e. The van der Waals surface area contributed by atoms with Gasteiger partial charge in [0.2, 0.25) is 0 Å². The first kappa shape index (κ1) is 13.1. The Morgan fingerprint density at radius 3 is 2.00 bits per heavy atom. The van der Waals surface area contributed by atoms with E-state index in [0.717, 1.165) is 6.42 Å². The molecule has 0 aromatic carbocycles. The minimum Gasteiger partial charge on any atom is -0.397 e. The molecule has 0 fully saturated rings. The molecule has 2 N–H and O–H groups in total. The lowest BCUT2D eigenvalue weighted by Gasteiger charge is -2.40. The Labute approximate surface area is 83.0 Å². The summed E-state index contributed by atoms with van der Waals surface area (Å²) in [5.74, 6) is 0. The first-order valence-corrected chi connectivity index (χ1v) is 8.10. The molecule has 0 rings (SSSR count). The van der Waals surface area contributed by atoms with E-state index < -0.39 is 8.07 Å². The average Bonchev–Trinajstić information content (AvgIpc) is 1.97. The Hall–Kier alpha value is 0.137. The highest BCUT2D eigenvalue weighted by molar-refractivity contribution is 6.81. The number of rotatable bonds is 4. The van der Waals surface area contributed by atoms with Crippen LogP contribution in [-0.4, -0.2) is 30.6 Å². The summed E-state index contributed by atoms with van der Waals surface area (Å²) in [5.41, 5.74) is -0.195. The number of aliphatic hydroxyl groups is 2. The van der Waals surface area contributed by atoms with Crippen molar-refractivity contribution in [1.82, 2.24) is 0 Å². The van der Waals surface area contributed by atoms with Crippen molar-refractivity contribution in [2.45, 2.75) is 57.5 Å². The van der Waals surface area contributed by atoms with E-state index in [4.69, 9.17) is 5.11 Å². The molecule has 0 bridgehead atoms. The van der Waals surface area contributed by atoms with Crippen LogP contribution < -0.4 is 0 Å². The van der Waals surface area contributed by atoms with E-state index in [1.807, 2.05) is 0 Å². The van der Waals surface area contributed by atoms with E-state index in [0.29, 0.717) is 6.42 Å². The molecule has 0 amide bonds. The van der Waals surface area contributed by atoms with Gasteiger partial charge in [0, 0.05) is 12.3 Å². The Kier molecular flexibility index (Phi) is 4.62. The highest BCUT2D eigenvalue weighted by atomic mass is 28.3. The van der Waals surface area contributed by atoms with Gasteiger partial charge in [-0.15, -0.1) is 0 Å². The predicted molar refractivity (Wildman–Crippen MR) is 59.5 cm³/mol. The van der Waals surface area contributed by atoms with Crippen molar-refractivity contribution in [1.29, 1.82) is 0 Å². The molecule has 2 nitrogen and oxygen atoms in total. The van der Waals surface area contributed by atoms with Gasteiger partial charge in [0.15, 0.2) is 0 Å². The van der Waals surface area contributed by atoms with Crippen LogP contribution >= 0.6 is 0 Å². The van der Waals surface area contributed by atoms with Crippen LogP contribution in [0.3, 0.4) is 0 Å². The van der Waals surface area contributed by atoms with Gasteiger partial charge in [0.1, 0.15) is 0 Å². The quantitative estimate of drug-likeness (QED) is 0.689. The highest BCUT2D eigenvalue weighted by Crippen LogP contribution is 2.39. The Balaban J connectivity index is 4.27. The lowest BCUT2D eigenvalue weighted by Crippen LogP contribution is -2.49. The SMILES string of the molecule is CC(C)(C)[Si](C)(C)C(O)CCCO. The summed E-state index contributed by atoms with van der Waals surface area (Å²) in [6.07, 6.45) is 1.46. The minimum atomic E-state index is -1.60. The molecule has 0 radical (unpaired) electrons. The fourth-order valence-electron chi connectivity index (χ4n) is 1.15. The van der Waals surface area contributed by atoms with Crippen LogP contribution in [0.25, 0.3) is 0 Å². The molecule has 0 aliphatic heterocycles. The molecule has 0 aliphatic rings. The summed E-state index contributed by atoms with van der Waals surface area (Å²) >= 11 is 0. The smallest absolute Gasteiger partial charge is 0.0864 e. The second kappa shape index (κ2) is 4.58. The second-order valence-electron chi connectivity index (χ2n) is 5.35. The van der Waals surface area contributed by atoms with Gasteiger partial charge >= 0.3 is 0 Å². The second-order valence-corrected chi connectivity index (χ2v) is 11.0. The van der Waals surface area contributed by atoms with Crippen LogP contribution in [-0.2, 0) is 0 Å². The van der Waals surface area contributed by atoms with Gasteiger partial charge in [-0.05, 0) is 17.9 Å². The normalized spacial score (nSPS) is 15.9. The van der Waals surface area contributed by atoms with Gasteiger partial charge in [-0.3, -0.25) is 0 Å². The van der Waals surface area contributed by atoms with Crippen molar-refractivity contribution in [2.75, 3.05) is 6.61 Å². The molecule has 0 aromatic rings. The van der Waals surface area contributed by atoms with Crippen LogP contribution in [0.5, 0.6) is 0 Å². The Bertz CT molecular complexity index is 149. The standard InChI is InChI=1S/C10H24O2Si/c1-10(2,3)13(4,5)9(12)7-6-8-11/h9,11-12H,6-8H2,1-5H3. The number of aliphatic hydroxyl groups excluding tert-OH is 2. The van der Waals surface area contributed by atoms with E-state index in [9.17, 15) is 5.11 Å². The molecule has 13 heavy (non-hydrogen) atoms.